The zero-order valence-corrected chi connectivity index (χ0v) is 13.7. The summed E-state index contributed by atoms with van der Waals surface area (Å²) < 4.78 is 7.09. The molecule has 0 aromatic heterocycles. The number of likely N-dealkylation sites (tertiary alicyclic amines) is 1. The van der Waals surface area contributed by atoms with Crippen molar-refractivity contribution in [3.8, 4) is 5.75 Å². The Balaban J connectivity index is 1.58. The van der Waals surface area contributed by atoms with Gasteiger partial charge in [0.25, 0.3) is 0 Å². The van der Waals surface area contributed by atoms with Crippen LogP contribution in [0.4, 0.5) is 0 Å². The lowest BCUT2D eigenvalue weighted by atomic mass is 9.91. The first-order chi connectivity index (χ1) is 10.0. The van der Waals surface area contributed by atoms with Crippen LogP contribution in [0.5, 0.6) is 5.75 Å². The Morgan fingerprint density at radius 1 is 1.52 bits per heavy atom. The first-order valence-electron chi connectivity index (χ1n) is 7.45. The monoisotopic (exact) mass is 353 g/mol. The Kier molecular flexibility index (Phi) is 4.22. The van der Waals surface area contributed by atoms with Crippen LogP contribution in [0.3, 0.4) is 0 Å². The van der Waals surface area contributed by atoms with Crippen molar-refractivity contribution in [3.63, 3.8) is 0 Å². The maximum Gasteiger partial charge on any atom is 0.306 e. The highest BCUT2D eigenvalue weighted by Crippen LogP contribution is 2.32. The quantitative estimate of drug-likeness (QED) is 0.907. The molecule has 1 N–H and O–H groups in total. The summed E-state index contributed by atoms with van der Waals surface area (Å²) in [7, 11) is 0. The highest BCUT2D eigenvalue weighted by Gasteiger charge is 2.32. The second kappa shape index (κ2) is 5.97. The van der Waals surface area contributed by atoms with Crippen molar-refractivity contribution in [2.75, 3.05) is 13.1 Å². The number of fused-ring (bicyclic) bond motifs is 1. The van der Waals surface area contributed by atoms with Crippen LogP contribution in [0, 0.1) is 5.92 Å². The summed E-state index contributed by atoms with van der Waals surface area (Å²) in [5.41, 5.74) is 1.25. The fourth-order valence-corrected chi connectivity index (χ4v) is 3.78. The van der Waals surface area contributed by atoms with Crippen LogP contribution >= 0.6 is 15.9 Å². The summed E-state index contributed by atoms with van der Waals surface area (Å²) in [6, 6.07) is 6.44. The minimum absolute atomic E-state index is 0.179. The van der Waals surface area contributed by atoms with Crippen LogP contribution in [0.15, 0.2) is 22.7 Å². The van der Waals surface area contributed by atoms with Crippen molar-refractivity contribution in [2.45, 2.75) is 38.3 Å². The number of hydrogen-bond donors (Lipinski definition) is 1. The van der Waals surface area contributed by atoms with Crippen LogP contribution in [-0.2, 0) is 11.2 Å². The number of ether oxygens (including phenoxy) is 1. The van der Waals surface area contributed by atoms with E-state index in [2.05, 4.69) is 33.8 Å². The van der Waals surface area contributed by atoms with E-state index in [1.54, 1.807) is 0 Å². The number of carboxylic acid groups (broad SMARTS) is 1. The third-order valence-electron chi connectivity index (χ3n) is 4.56. The Hall–Kier alpha value is -1.07. The van der Waals surface area contributed by atoms with E-state index in [4.69, 9.17) is 9.84 Å². The third-order valence-corrected chi connectivity index (χ3v) is 5.06. The minimum atomic E-state index is -0.657. The lowest BCUT2D eigenvalue weighted by Crippen LogP contribution is -2.46. The highest BCUT2D eigenvalue weighted by molar-refractivity contribution is 9.10. The smallest absolute Gasteiger partial charge is 0.306 e. The summed E-state index contributed by atoms with van der Waals surface area (Å²) in [6.45, 7) is 3.84. The number of halogens is 1. The zero-order valence-electron chi connectivity index (χ0n) is 12.1. The van der Waals surface area contributed by atoms with Gasteiger partial charge < -0.3 is 9.84 Å². The number of piperidine rings is 1. The van der Waals surface area contributed by atoms with Gasteiger partial charge in [-0.25, -0.2) is 0 Å². The van der Waals surface area contributed by atoms with Gasteiger partial charge in [-0.15, -0.1) is 0 Å². The maximum absolute atomic E-state index is 11.1. The van der Waals surface area contributed by atoms with Gasteiger partial charge in [0.05, 0.1) is 5.92 Å². The highest BCUT2D eigenvalue weighted by atomic mass is 79.9. The largest absolute Gasteiger partial charge is 0.488 e. The molecule has 0 saturated carbocycles. The summed E-state index contributed by atoms with van der Waals surface area (Å²) in [4.78, 5) is 13.5. The van der Waals surface area contributed by atoms with E-state index in [1.807, 2.05) is 12.1 Å². The number of aliphatic carboxylic acids is 1. The summed E-state index contributed by atoms with van der Waals surface area (Å²) in [5, 5.41) is 9.12. The molecule has 114 valence electrons. The van der Waals surface area contributed by atoms with Crippen molar-refractivity contribution in [1.82, 2.24) is 4.90 Å². The molecule has 2 aliphatic rings. The maximum atomic E-state index is 11.1. The Labute approximate surface area is 133 Å². The zero-order chi connectivity index (χ0) is 15.0. The first kappa shape index (κ1) is 14.9. The minimum Gasteiger partial charge on any atom is -0.488 e. The second-order valence-electron chi connectivity index (χ2n) is 6.10. The average Bonchev–Trinajstić information content (AvgIpc) is 2.82. The van der Waals surface area contributed by atoms with Gasteiger partial charge >= 0.3 is 5.97 Å². The van der Waals surface area contributed by atoms with E-state index in [1.165, 1.54) is 5.56 Å². The summed E-state index contributed by atoms with van der Waals surface area (Å²) in [5.74, 6) is 0.140. The fraction of sp³-hybridized carbons (Fsp3) is 0.562. The summed E-state index contributed by atoms with van der Waals surface area (Å²) in [6.07, 6.45) is 2.59. The molecule has 0 spiro atoms. The van der Waals surface area contributed by atoms with Crippen LogP contribution in [0.2, 0.25) is 0 Å². The van der Waals surface area contributed by atoms with Crippen molar-refractivity contribution in [2.24, 2.45) is 5.92 Å². The molecule has 3 unspecified atom stereocenters. The van der Waals surface area contributed by atoms with E-state index in [0.29, 0.717) is 6.04 Å². The molecule has 1 aromatic rings. The van der Waals surface area contributed by atoms with Gasteiger partial charge in [0, 0.05) is 23.5 Å². The predicted molar refractivity (Wildman–Crippen MR) is 83.7 cm³/mol. The number of carbonyl (C=O) groups is 1. The van der Waals surface area contributed by atoms with E-state index in [9.17, 15) is 4.79 Å². The molecule has 0 amide bonds. The Morgan fingerprint density at radius 2 is 2.33 bits per heavy atom. The molecule has 1 aromatic carbocycles. The third kappa shape index (κ3) is 3.24. The normalized spacial score (nSPS) is 29.0. The SMILES string of the molecule is CC1CC(C(=O)O)CCN1CC1Cc2cc(Br)ccc2O1. The van der Waals surface area contributed by atoms with E-state index in [-0.39, 0.29) is 12.0 Å². The van der Waals surface area contributed by atoms with E-state index in [0.717, 1.165) is 42.6 Å². The number of carboxylic acids is 1. The number of hydrogen-bond acceptors (Lipinski definition) is 3. The molecule has 21 heavy (non-hydrogen) atoms. The molecule has 0 bridgehead atoms. The van der Waals surface area contributed by atoms with Gasteiger partial charge in [-0.05, 0) is 50.1 Å². The number of benzene rings is 1. The molecule has 0 radical (unpaired) electrons. The molecule has 3 rings (SSSR count). The molecular weight excluding hydrogens is 334 g/mol. The average molecular weight is 354 g/mol. The lowest BCUT2D eigenvalue weighted by molar-refractivity contribution is -0.144. The van der Waals surface area contributed by atoms with Gasteiger partial charge in [0.2, 0.25) is 0 Å². The van der Waals surface area contributed by atoms with Crippen LogP contribution in [0.25, 0.3) is 0 Å². The van der Waals surface area contributed by atoms with Crippen molar-refractivity contribution in [3.05, 3.63) is 28.2 Å². The molecule has 1 fully saturated rings. The molecule has 2 heterocycles. The Bertz CT molecular complexity index is 548. The first-order valence-corrected chi connectivity index (χ1v) is 8.24. The molecule has 4 nitrogen and oxygen atoms in total. The van der Waals surface area contributed by atoms with Gasteiger partial charge in [0.1, 0.15) is 11.9 Å². The second-order valence-corrected chi connectivity index (χ2v) is 7.02. The fourth-order valence-electron chi connectivity index (χ4n) is 3.37. The van der Waals surface area contributed by atoms with Crippen LogP contribution in [0.1, 0.15) is 25.3 Å². The van der Waals surface area contributed by atoms with Crippen molar-refractivity contribution < 1.29 is 14.6 Å². The van der Waals surface area contributed by atoms with Gasteiger partial charge in [-0.2, -0.15) is 0 Å². The number of nitrogens with zero attached hydrogens (tertiary/aromatic N) is 1. The molecular formula is C16H20BrNO3. The van der Waals surface area contributed by atoms with Crippen molar-refractivity contribution >= 4 is 21.9 Å². The van der Waals surface area contributed by atoms with Crippen LogP contribution < -0.4 is 4.74 Å². The Morgan fingerprint density at radius 3 is 3.05 bits per heavy atom. The molecule has 0 aliphatic carbocycles. The van der Waals surface area contributed by atoms with E-state index < -0.39 is 5.97 Å². The van der Waals surface area contributed by atoms with Gasteiger partial charge in [-0.3, -0.25) is 9.69 Å². The molecule has 5 heteroatoms. The van der Waals surface area contributed by atoms with Crippen molar-refractivity contribution in [1.29, 1.82) is 0 Å². The molecule has 3 atom stereocenters. The summed E-state index contributed by atoms with van der Waals surface area (Å²) >= 11 is 3.49. The number of rotatable bonds is 3. The van der Waals surface area contributed by atoms with E-state index >= 15 is 0 Å². The standard InChI is InChI=1S/C16H20BrNO3/c1-10-6-11(16(19)20)4-5-18(10)9-14-8-12-7-13(17)2-3-15(12)21-14/h2-3,7,10-11,14H,4-6,8-9H2,1H3,(H,19,20). The lowest BCUT2D eigenvalue weighted by Gasteiger charge is -2.37. The van der Waals surface area contributed by atoms with Gasteiger partial charge in [-0.1, -0.05) is 15.9 Å². The molecule has 2 aliphatic heterocycles. The molecule has 1 saturated heterocycles. The van der Waals surface area contributed by atoms with Crippen LogP contribution in [-0.4, -0.2) is 41.2 Å². The van der Waals surface area contributed by atoms with Gasteiger partial charge in [0.15, 0.2) is 0 Å². The predicted octanol–water partition coefficient (Wildman–Crippen LogP) is 2.94. The topological polar surface area (TPSA) is 49.8 Å².